The molecule has 1 N–H and O–H groups in total. The largest absolute Gasteiger partial charge is 0.508 e. The fourth-order valence-corrected chi connectivity index (χ4v) is 2.99. The number of benzene rings is 1. The van der Waals surface area contributed by atoms with E-state index >= 15 is 0 Å². The van der Waals surface area contributed by atoms with E-state index in [1.807, 2.05) is 22.7 Å². The summed E-state index contributed by atoms with van der Waals surface area (Å²) in [5.41, 5.74) is 2.84. The molecular weight excluding hydrogens is 370 g/mol. The lowest BCUT2D eigenvalue weighted by molar-refractivity contribution is 0.0986. The molecule has 0 saturated heterocycles. The molecule has 24 heavy (non-hydrogen) atoms. The monoisotopic (exact) mass is 387 g/mol. The van der Waals surface area contributed by atoms with Crippen LogP contribution in [0.3, 0.4) is 0 Å². The summed E-state index contributed by atoms with van der Waals surface area (Å²) >= 11 is 3.45. The number of carbonyl (C=O) groups is 1. The number of amides is 1. The van der Waals surface area contributed by atoms with Gasteiger partial charge in [0, 0.05) is 23.4 Å². The van der Waals surface area contributed by atoms with Crippen molar-refractivity contribution >= 4 is 33.2 Å². The van der Waals surface area contributed by atoms with E-state index < -0.39 is 0 Å². The topological polar surface area (TPSA) is 57.8 Å². The molecule has 0 bridgehead atoms. The highest BCUT2D eigenvalue weighted by Crippen LogP contribution is 2.23. The molecule has 0 aliphatic carbocycles. The van der Waals surface area contributed by atoms with Crippen LogP contribution in [-0.4, -0.2) is 27.4 Å². The number of phenols is 1. The highest BCUT2D eigenvalue weighted by atomic mass is 79.9. The second-order valence-electron chi connectivity index (χ2n) is 5.61. The lowest BCUT2D eigenvalue weighted by Crippen LogP contribution is -2.28. The van der Waals surface area contributed by atoms with Crippen molar-refractivity contribution in [2.24, 2.45) is 0 Å². The Labute approximate surface area is 148 Å². The Kier molecular flexibility index (Phi) is 4.57. The van der Waals surface area contributed by atoms with Crippen molar-refractivity contribution in [2.75, 3.05) is 11.9 Å². The zero-order chi connectivity index (χ0) is 17.3. The van der Waals surface area contributed by atoms with Gasteiger partial charge in [-0.15, -0.1) is 0 Å². The number of anilines is 1. The first-order valence-electron chi connectivity index (χ1n) is 7.75. The van der Waals surface area contributed by atoms with E-state index in [1.165, 1.54) is 0 Å². The van der Waals surface area contributed by atoms with Crippen LogP contribution in [0.25, 0.3) is 5.65 Å². The minimum Gasteiger partial charge on any atom is -0.508 e. The average Bonchev–Trinajstić information content (AvgIpc) is 2.91. The molecule has 3 aromatic rings. The molecule has 124 valence electrons. The van der Waals surface area contributed by atoms with Gasteiger partial charge in [0.25, 0.3) is 5.91 Å². The number of aryl methyl sites for hydroxylation is 1. The summed E-state index contributed by atoms with van der Waals surface area (Å²) in [5.74, 6) is 0.0414. The molecule has 2 aromatic heterocycles. The first-order valence-corrected chi connectivity index (χ1v) is 8.54. The van der Waals surface area contributed by atoms with Crippen LogP contribution in [0.2, 0.25) is 0 Å². The van der Waals surface area contributed by atoms with Gasteiger partial charge in [0.1, 0.15) is 17.1 Å². The second kappa shape index (κ2) is 6.65. The number of halogens is 1. The molecule has 3 rings (SSSR count). The van der Waals surface area contributed by atoms with Crippen molar-refractivity contribution < 1.29 is 9.90 Å². The fourth-order valence-electron chi connectivity index (χ4n) is 2.66. The predicted octanol–water partition coefficient (Wildman–Crippen LogP) is 4.03. The number of hydrogen-bond donors (Lipinski definition) is 1. The molecule has 0 unspecified atom stereocenters. The van der Waals surface area contributed by atoms with Gasteiger partial charge in [-0.25, -0.2) is 4.98 Å². The number of imidazole rings is 1. The molecular formula is C18H18BrN3O2. The van der Waals surface area contributed by atoms with Gasteiger partial charge in [0.2, 0.25) is 0 Å². The predicted molar refractivity (Wildman–Crippen MR) is 97.7 cm³/mol. The zero-order valence-electron chi connectivity index (χ0n) is 13.5. The average molecular weight is 388 g/mol. The van der Waals surface area contributed by atoms with Crippen LogP contribution in [0.5, 0.6) is 5.75 Å². The minimum atomic E-state index is -0.130. The van der Waals surface area contributed by atoms with Crippen LogP contribution in [0.15, 0.2) is 47.1 Å². The molecule has 0 saturated carbocycles. The van der Waals surface area contributed by atoms with E-state index in [-0.39, 0.29) is 11.7 Å². The summed E-state index contributed by atoms with van der Waals surface area (Å²) in [7, 11) is 1.72. The van der Waals surface area contributed by atoms with Crippen molar-refractivity contribution in [3.8, 4) is 5.75 Å². The van der Waals surface area contributed by atoms with Crippen molar-refractivity contribution in [3.05, 3.63) is 58.5 Å². The molecule has 2 heterocycles. The van der Waals surface area contributed by atoms with Gasteiger partial charge < -0.3 is 10.0 Å². The van der Waals surface area contributed by atoms with E-state index in [0.717, 1.165) is 28.7 Å². The molecule has 0 fully saturated rings. The quantitative estimate of drug-likeness (QED) is 0.734. The van der Waals surface area contributed by atoms with Crippen LogP contribution in [0.4, 0.5) is 5.69 Å². The van der Waals surface area contributed by atoms with Gasteiger partial charge in [-0.2, -0.15) is 0 Å². The van der Waals surface area contributed by atoms with E-state index in [0.29, 0.717) is 11.4 Å². The Morgan fingerprint density at radius 1 is 1.25 bits per heavy atom. The van der Waals surface area contributed by atoms with E-state index in [2.05, 4.69) is 27.8 Å². The molecule has 5 nitrogen and oxygen atoms in total. The number of fused-ring (bicyclic) bond motifs is 1. The van der Waals surface area contributed by atoms with Gasteiger partial charge >= 0.3 is 0 Å². The Morgan fingerprint density at radius 2 is 1.96 bits per heavy atom. The summed E-state index contributed by atoms with van der Waals surface area (Å²) < 4.78 is 2.71. The number of pyridine rings is 1. The molecule has 0 radical (unpaired) electrons. The highest BCUT2D eigenvalue weighted by Gasteiger charge is 2.23. The number of aromatic nitrogens is 2. The summed E-state index contributed by atoms with van der Waals surface area (Å²) in [6.45, 7) is 2.07. The number of phenolic OH excluding ortho intramolecular Hbond substituents is 1. The maximum Gasteiger partial charge on any atom is 0.276 e. The number of rotatable bonds is 4. The number of hydrogen-bond acceptors (Lipinski definition) is 3. The molecule has 0 aliphatic rings. The number of aromatic hydroxyl groups is 1. The fraction of sp³-hybridized carbons (Fsp3) is 0.222. The first kappa shape index (κ1) is 16.5. The maximum atomic E-state index is 13.1. The minimum absolute atomic E-state index is 0.130. The van der Waals surface area contributed by atoms with E-state index in [1.54, 1.807) is 36.2 Å². The Balaban J connectivity index is 2.09. The standard InChI is InChI=1S/C18H18BrN3O2/c1-3-4-15-17(22-11-12(19)5-10-16(22)20-15)18(24)21(2)13-6-8-14(23)9-7-13/h5-11,23H,3-4H2,1-2H3. The summed E-state index contributed by atoms with van der Waals surface area (Å²) in [4.78, 5) is 19.3. The van der Waals surface area contributed by atoms with Crippen LogP contribution >= 0.6 is 15.9 Å². The van der Waals surface area contributed by atoms with Crippen molar-refractivity contribution in [3.63, 3.8) is 0 Å². The SMILES string of the molecule is CCCc1nc2ccc(Br)cn2c1C(=O)N(C)c1ccc(O)cc1. The third kappa shape index (κ3) is 3.01. The lowest BCUT2D eigenvalue weighted by atomic mass is 10.2. The summed E-state index contributed by atoms with van der Waals surface area (Å²) in [6, 6.07) is 10.4. The summed E-state index contributed by atoms with van der Waals surface area (Å²) in [5, 5.41) is 9.42. The third-order valence-corrected chi connectivity index (χ3v) is 4.35. The third-order valence-electron chi connectivity index (χ3n) is 3.89. The first-order chi connectivity index (χ1) is 11.5. The molecule has 0 aliphatic heterocycles. The van der Waals surface area contributed by atoms with Gasteiger partial charge in [-0.05, 0) is 58.7 Å². The van der Waals surface area contributed by atoms with Crippen LogP contribution in [0.1, 0.15) is 29.5 Å². The number of nitrogens with zero attached hydrogens (tertiary/aromatic N) is 3. The molecule has 6 heteroatoms. The van der Waals surface area contributed by atoms with E-state index in [9.17, 15) is 9.90 Å². The Hall–Kier alpha value is -2.34. The molecule has 1 aromatic carbocycles. The molecule has 0 spiro atoms. The number of carbonyl (C=O) groups excluding carboxylic acids is 1. The zero-order valence-corrected chi connectivity index (χ0v) is 15.1. The van der Waals surface area contributed by atoms with Gasteiger partial charge in [0.15, 0.2) is 0 Å². The van der Waals surface area contributed by atoms with E-state index in [4.69, 9.17) is 0 Å². The smallest absolute Gasteiger partial charge is 0.276 e. The second-order valence-corrected chi connectivity index (χ2v) is 6.53. The van der Waals surface area contributed by atoms with Crippen molar-refractivity contribution in [1.82, 2.24) is 9.38 Å². The Morgan fingerprint density at radius 3 is 2.62 bits per heavy atom. The Bertz CT molecular complexity index is 887. The van der Waals surface area contributed by atoms with Crippen molar-refractivity contribution in [1.29, 1.82) is 0 Å². The molecule has 0 atom stereocenters. The molecule has 1 amide bonds. The van der Waals surface area contributed by atoms with Crippen LogP contribution in [0, 0.1) is 0 Å². The summed E-state index contributed by atoms with van der Waals surface area (Å²) in [6.07, 6.45) is 3.51. The van der Waals surface area contributed by atoms with Crippen LogP contribution in [-0.2, 0) is 6.42 Å². The van der Waals surface area contributed by atoms with Gasteiger partial charge in [-0.1, -0.05) is 13.3 Å². The van der Waals surface area contributed by atoms with Gasteiger partial charge in [-0.3, -0.25) is 9.20 Å². The lowest BCUT2D eigenvalue weighted by Gasteiger charge is -2.18. The van der Waals surface area contributed by atoms with Crippen molar-refractivity contribution in [2.45, 2.75) is 19.8 Å². The van der Waals surface area contributed by atoms with Crippen LogP contribution < -0.4 is 4.90 Å². The highest BCUT2D eigenvalue weighted by molar-refractivity contribution is 9.10. The maximum absolute atomic E-state index is 13.1. The normalized spacial score (nSPS) is 11.0. The van der Waals surface area contributed by atoms with Gasteiger partial charge in [0.05, 0.1) is 5.69 Å².